The first kappa shape index (κ1) is 8.54. The van der Waals surface area contributed by atoms with Gasteiger partial charge in [-0.2, -0.15) is 0 Å². The van der Waals surface area contributed by atoms with E-state index in [-0.39, 0.29) is 11.9 Å². The Balaban J connectivity index is 2.33. The number of carbonyl (C=O) groups excluding carboxylic acids is 1. The summed E-state index contributed by atoms with van der Waals surface area (Å²) in [4.78, 5) is 11.3. The first-order valence-electron chi connectivity index (χ1n) is 4.72. The smallest absolute Gasteiger partial charge is 0.309 e. The predicted molar refractivity (Wildman–Crippen MR) is 50.1 cm³/mol. The van der Waals surface area contributed by atoms with Gasteiger partial charge >= 0.3 is 5.97 Å². The van der Waals surface area contributed by atoms with Crippen molar-refractivity contribution in [2.24, 2.45) is 11.8 Å². The summed E-state index contributed by atoms with van der Waals surface area (Å²) in [6, 6.07) is 0. The Bertz CT molecular complexity index is 288. The van der Waals surface area contributed by atoms with E-state index in [1.54, 1.807) is 0 Å². The summed E-state index contributed by atoms with van der Waals surface area (Å²) >= 11 is 0. The number of hydrogen-bond donors (Lipinski definition) is 0. The van der Waals surface area contributed by atoms with Crippen LogP contribution in [0, 0.1) is 11.8 Å². The van der Waals surface area contributed by atoms with Crippen molar-refractivity contribution in [2.75, 3.05) is 6.61 Å². The second-order valence-corrected chi connectivity index (χ2v) is 3.82. The maximum Gasteiger partial charge on any atom is 0.309 e. The molecule has 0 unspecified atom stereocenters. The molecule has 2 rings (SSSR count). The lowest BCUT2D eigenvalue weighted by Gasteiger charge is -2.24. The van der Waals surface area contributed by atoms with Gasteiger partial charge in [0.15, 0.2) is 0 Å². The average Bonchev–Trinajstić information content (AvgIpc) is 2.48. The second-order valence-electron chi connectivity index (χ2n) is 3.82. The van der Waals surface area contributed by atoms with Crippen LogP contribution < -0.4 is 0 Å². The minimum absolute atomic E-state index is 0.0168. The summed E-state index contributed by atoms with van der Waals surface area (Å²) in [7, 11) is 0. The van der Waals surface area contributed by atoms with E-state index in [2.05, 4.69) is 13.5 Å². The van der Waals surface area contributed by atoms with E-state index in [1.165, 1.54) is 11.1 Å². The maximum atomic E-state index is 11.3. The minimum Gasteiger partial charge on any atom is -0.465 e. The third-order valence-electron chi connectivity index (χ3n) is 3.14. The van der Waals surface area contributed by atoms with Gasteiger partial charge in [-0.3, -0.25) is 4.79 Å². The molecule has 2 atom stereocenters. The van der Waals surface area contributed by atoms with Gasteiger partial charge in [-0.15, -0.1) is 0 Å². The number of ether oxygens (including phenoxy) is 1. The summed E-state index contributed by atoms with van der Waals surface area (Å²) in [5.41, 5.74) is 2.61. The van der Waals surface area contributed by atoms with Crippen LogP contribution in [0.4, 0.5) is 0 Å². The lowest BCUT2D eigenvalue weighted by Crippen LogP contribution is -2.22. The van der Waals surface area contributed by atoms with Gasteiger partial charge in [0.25, 0.3) is 0 Å². The normalized spacial score (nSPS) is 32.8. The number of rotatable bonds is 1. The lowest BCUT2D eigenvalue weighted by molar-refractivity contribution is -0.141. The molecule has 13 heavy (non-hydrogen) atoms. The molecule has 0 N–H and O–H groups in total. The highest BCUT2D eigenvalue weighted by Crippen LogP contribution is 2.39. The van der Waals surface area contributed by atoms with Crippen LogP contribution in [0.2, 0.25) is 0 Å². The van der Waals surface area contributed by atoms with Gasteiger partial charge in [-0.05, 0) is 25.3 Å². The van der Waals surface area contributed by atoms with Crippen molar-refractivity contribution >= 4 is 5.97 Å². The Hall–Kier alpha value is -1.05. The van der Waals surface area contributed by atoms with Crippen molar-refractivity contribution in [1.82, 2.24) is 0 Å². The number of hydrogen-bond acceptors (Lipinski definition) is 2. The highest BCUT2D eigenvalue weighted by molar-refractivity contribution is 5.76. The molecule has 1 aliphatic heterocycles. The van der Waals surface area contributed by atoms with E-state index in [0.717, 1.165) is 12.8 Å². The molecule has 2 heteroatoms. The van der Waals surface area contributed by atoms with Crippen molar-refractivity contribution in [3.05, 3.63) is 23.8 Å². The molecule has 1 saturated heterocycles. The molecule has 2 aliphatic rings. The van der Waals surface area contributed by atoms with E-state index in [1.807, 2.05) is 6.08 Å². The maximum absolute atomic E-state index is 11.3. The van der Waals surface area contributed by atoms with Crippen LogP contribution in [-0.4, -0.2) is 12.6 Å². The number of allylic oxidation sites excluding steroid dienone is 2. The SMILES string of the molecule is C=CC1=C(C)CC[C@H]2C(=O)OC[C@@H]12. The Morgan fingerprint density at radius 3 is 3.00 bits per heavy atom. The zero-order valence-corrected chi connectivity index (χ0v) is 7.88. The van der Waals surface area contributed by atoms with Crippen LogP contribution in [0.25, 0.3) is 0 Å². The van der Waals surface area contributed by atoms with E-state index < -0.39 is 0 Å². The summed E-state index contributed by atoms with van der Waals surface area (Å²) in [6.07, 6.45) is 3.85. The molecule has 0 aromatic heterocycles. The number of esters is 1. The second kappa shape index (κ2) is 3.02. The molecular formula is C11H14O2. The van der Waals surface area contributed by atoms with Crippen LogP contribution in [0.1, 0.15) is 19.8 Å². The highest BCUT2D eigenvalue weighted by atomic mass is 16.5. The largest absolute Gasteiger partial charge is 0.465 e. The molecular weight excluding hydrogens is 164 g/mol. The number of cyclic esters (lactones) is 1. The van der Waals surface area contributed by atoms with E-state index in [9.17, 15) is 4.79 Å². The Labute approximate surface area is 78.3 Å². The number of fused-ring (bicyclic) bond motifs is 1. The topological polar surface area (TPSA) is 26.3 Å². The Morgan fingerprint density at radius 1 is 1.54 bits per heavy atom. The van der Waals surface area contributed by atoms with Gasteiger partial charge in [0.2, 0.25) is 0 Å². The fraction of sp³-hybridized carbons (Fsp3) is 0.545. The van der Waals surface area contributed by atoms with Crippen molar-refractivity contribution < 1.29 is 9.53 Å². The Kier molecular flexibility index (Phi) is 1.98. The molecule has 1 heterocycles. The Morgan fingerprint density at radius 2 is 2.31 bits per heavy atom. The van der Waals surface area contributed by atoms with Gasteiger partial charge < -0.3 is 4.74 Å². The summed E-state index contributed by atoms with van der Waals surface area (Å²) in [6.45, 7) is 6.47. The third-order valence-corrected chi connectivity index (χ3v) is 3.14. The van der Waals surface area contributed by atoms with Gasteiger partial charge in [0.1, 0.15) is 0 Å². The fourth-order valence-electron chi connectivity index (χ4n) is 2.34. The molecule has 1 aliphatic carbocycles. The molecule has 70 valence electrons. The highest BCUT2D eigenvalue weighted by Gasteiger charge is 2.40. The van der Waals surface area contributed by atoms with Gasteiger partial charge in [0.05, 0.1) is 12.5 Å². The van der Waals surface area contributed by atoms with Crippen LogP contribution in [0.5, 0.6) is 0 Å². The van der Waals surface area contributed by atoms with E-state index in [0.29, 0.717) is 12.5 Å². The fourth-order valence-corrected chi connectivity index (χ4v) is 2.34. The van der Waals surface area contributed by atoms with Crippen LogP contribution in [-0.2, 0) is 9.53 Å². The van der Waals surface area contributed by atoms with Crippen molar-refractivity contribution in [2.45, 2.75) is 19.8 Å². The third kappa shape index (κ3) is 1.21. The van der Waals surface area contributed by atoms with E-state index in [4.69, 9.17) is 4.74 Å². The van der Waals surface area contributed by atoms with Crippen LogP contribution >= 0.6 is 0 Å². The van der Waals surface area contributed by atoms with Crippen molar-refractivity contribution in [1.29, 1.82) is 0 Å². The van der Waals surface area contributed by atoms with Crippen molar-refractivity contribution in [3.63, 3.8) is 0 Å². The zero-order valence-electron chi connectivity index (χ0n) is 7.88. The van der Waals surface area contributed by atoms with Crippen molar-refractivity contribution in [3.8, 4) is 0 Å². The summed E-state index contributed by atoms with van der Waals surface area (Å²) in [5, 5.41) is 0. The summed E-state index contributed by atoms with van der Waals surface area (Å²) in [5.74, 6) is 0.382. The lowest BCUT2D eigenvalue weighted by atomic mass is 9.77. The molecule has 0 aromatic rings. The molecule has 0 spiro atoms. The van der Waals surface area contributed by atoms with E-state index >= 15 is 0 Å². The standard InChI is InChI=1S/C11H14O2/c1-3-8-7(2)4-5-9-10(8)6-13-11(9)12/h3,9-10H,1,4-6H2,2H3/t9-,10+/m1/s1. The monoisotopic (exact) mass is 178 g/mol. The minimum atomic E-state index is -0.0168. The molecule has 0 aromatic carbocycles. The average molecular weight is 178 g/mol. The molecule has 0 radical (unpaired) electrons. The van der Waals surface area contributed by atoms with Gasteiger partial charge in [-0.25, -0.2) is 0 Å². The molecule has 0 bridgehead atoms. The first-order valence-corrected chi connectivity index (χ1v) is 4.72. The number of carbonyl (C=O) groups is 1. The molecule has 0 amide bonds. The molecule has 0 saturated carbocycles. The summed E-state index contributed by atoms with van der Waals surface area (Å²) < 4.78 is 5.06. The van der Waals surface area contributed by atoms with Gasteiger partial charge in [0, 0.05) is 5.92 Å². The van der Waals surface area contributed by atoms with Gasteiger partial charge in [-0.1, -0.05) is 18.2 Å². The zero-order chi connectivity index (χ0) is 9.42. The predicted octanol–water partition coefficient (Wildman–Crippen LogP) is 2.07. The quantitative estimate of drug-likeness (QED) is 0.574. The first-order chi connectivity index (χ1) is 6.24. The van der Waals surface area contributed by atoms with Crippen LogP contribution in [0.3, 0.4) is 0 Å². The molecule has 2 nitrogen and oxygen atoms in total. The van der Waals surface area contributed by atoms with Crippen LogP contribution in [0.15, 0.2) is 23.8 Å². The molecule has 1 fully saturated rings.